The van der Waals surface area contributed by atoms with Gasteiger partial charge in [0.2, 0.25) is 10.0 Å². The highest BCUT2D eigenvalue weighted by Gasteiger charge is 2.09. The van der Waals surface area contributed by atoms with Gasteiger partial charge in [-0.05, 0) is 6.42 Å². The van der Waals surface area contributed by atoms with Gasteiger partial charge in [-0.15, -0.1) is 0 Å². The molecule has 0 saturated heterocycles. The van der Waals surface area contributed by atoms with E-state index in [-0.39, 0.29) is 30.4 Å². The lowest BCUT2D eigenvalue weighted by Gasteiger charge is -2.07. The van der Waals surface area contributed by atoms with Gasteiger partial charge >= 0.3 is 0 Å². The van der Waals surface area contributed by atoms with Crippen molar-refractivity contribution in [2.75, 3.05) is 18.8 Å². The van der Waals surface area contributed by atoms with Crippen molar-refractivity contribution in [3.8, 4) is 0 Å². The molecule has 1 aromatic rings. The third-order valence-corrected chi connectivity index (χ3v) is 3.77. The van der Waals surface area contributed by atoms with Gasteiger partial charge in [-0.2, -0.15) is 0 Å². The maximum Gasteiger partial charge on any atom is 0.271 e. The van der Waals surface area contributed by atoms with Gasteiger partial charge < -0.3 is 5.32 Å². The number of carbonyl (C=O) groups excluding carboxylic acids is 1. The first-order chi connectivity index (χ1) is 9.05. The van der Waals surface area contributed by atoms with E-state index in [9.17, 15) is 13.2 Å². The molecule has 106 valence electrons. The topological polar surface area (TPSA) is 101 Å². The van der Waals surface area contributed by atoms with Crippen molar-refractivity contribution >= 4 is 15.9 Å². The van der Waals surface area contributed by atoms with Gasteiger partial charge in [0.15, 0.2) is 0 Å². The average Bonchev–Trinajstić information content (AvgIpc) is 2.42. The summed E-state index contributed by atoms with van der Waals surface area (Å²) in [7, 11) is -3.24. The molecule has 1 aromatic heterocycles. The Kier molecular flexibility index (Phi) is 6.37. The lowest BCUT2D eigenvalue weighted by Crippen LogP contribution is -2.36. The molecule has 0 aromatic carbocycles. The fourth-order valence-electron chi connectivity index (χ4n) is 1.30. The standard InChI is InChI=1S/C11H18N4O3S/c1-2-3-8-19(17,18)15-7-6-14-11(16)10-9-12-4-5-13-10/h4-5,9,15H,2-3,6-8H2,1H3,(H,14,16). The number of nitrogens with zero attached hydrogens (tertiary/aromatic N) is 2. The van der Waals surface area contributed by atoms with E-state index in [1.165, 1.54) is 18.6 Å². The van der Waals surface area contributed by atoms with Crippen LogP contribution in [0.4, 0.5) is 0 Å². The van der Waals surface area contributed by atoms with Gasteiger partial charge in [-0.25, -0.2) is 18.1 Å². The van der Waals surface area contributed by atoms with Crippen LogP contribution >= 0.6 is 0 Å². The van der Waals surface area contributed by atoms with Crippen LogP contribution in [0.15, 0.2) is 18.6 Å². The monoisotopic (exact) mass is 286 g/mol. The summed E-state index contributed by atoms with van der Waals surface area (Å²) in [5.74, 6) is -0.262. The van der Waals surface area contributed by atoms with Crippen molar-refractivity contribution in [1.29, 1.82) is 0 Å². The zero-order chi connectivity index (χ0) is 14.1. The Balaban J connectivity index is 2.26. The first kappa shape index (κ1) is 15.5. The molecule has 0 aliphatic carbocycles. The number of unbranched alkanes of at least 4 members (excludes halogenated alkanes) is 1. The zero-order valence-electron chi connectivity index (χ0n) is 10.8. The summed E-state index contributed by atoms with van der Waals surface area (Å²) in [5, 5.41) is 2.56. The van der Waals surface area contributed by atoms with Crippen LogP contribution in [0.1, 0.15) is 30.3 Å². The Labute approximate surface area is 112 Å². The second-order valence-electron chi connectivity index (χ2n) is 3.91. The van der Waals surface area contributed by atoms with Crippen molar-refractivity contribution in [3.63, 3.8) is 0 Å². The Morgan fingerprint density at radius 3 is 2.74 bits per heavy atom. The summed E-state index contributed by atoms with van der Waals surface area (Å²) in [6, 6.07) is 0. The summed E-state index contributed by atoms with van der Waals surface area (Å²) >= 11 is 0. The van der Waals surface area contributed by atoms with E-state index >= 15 is 0 Å². The van der Waals surface area contributed by atoms with Crippen LogP contribution in [0, 0.1) is 0 Å². The summed E-state index contributed by atoms with van der Waals surface area (Å²) in [4.78, 5) is 19.2. The number of rotatable bonds is 8. The molecule has 0 unspecified atom stereocenters. The molecule has 0 bridgehead atoms. The number of amides is 1. The van der Waals surface area contributed by atoms with Crippen LogP contribution in [-0.4, -0.2) is 43.1 Å². The van der Waals surface area contributed by atoms with Gasteiger partial charge in [0, 0.05) is 25.5 Å². The highest BCUT2D eigenvalue weighted by molar-refractivity contribution is 7.89. The number of nitrogens with one attached hydrogen (secondary N) is 2. The second-order valence-corrected chi connectivity index (χ2v) is 5.84. The number of aromatic nitrogens is 2. The minimum atomic E-state index is -3.24. The normalized spacial score (nSPS) is 11.2. The van der Waals surface area contributed by atoms with Crippen LogP contribution in [0.2, 0.25) is 0 Å². The molecule has 0 spiro atoms. The van der Waals surface area contributed by atoms with Crippen molar-refractivity contribution in [2.24, 2.45) is 0 Å². The Hall–Kier alpha value is -1.54. The van der Waals surface area contributed by atoms with Crippen molar-refractivity contribution in [1.82, 2.24) is 20.0 Å². The average molecular weight is 286 g/mol. The van der Waals surface area contributed by atoms with Crippen LogP contribution in [0.3, 0.4) is 0 Å². The van der Waals surface area contributed by atoms with E-state index in [2.05, 4.69) is 20.0 Å². The smallest absolute Gasteiger partial charge is 0.271 e. The molecule has 7 nitrogen and oxygen atoms in total. The summed E-state index contributed by atoms with van der Waals surface area (Å²) in [5.41, 5.74) is 0.205. The Morgan fingerprint density at radius 2 is 2.11 bits per heavy atom. The first-order valence-electron chi connectivity index (χ1n) is 6.06. The van der Waals surface area contributed by atoms with Crippen LogP contribution in [0.5, 0.6) is 0 Å². The highest BCUT2D eigenvalue weighted by Crippen LogP contribution is 1.93. The minimum absolute atomic E-state index is 0.113. The quantitative estimate of drug-likeness (QED) is 0.651. The third kappa shape index (κ3) is 6.25. The van der Waals surface area contributed by atoms with Gasteiger partial charge in [0.1, 0.15) is 5.69 Å². The predicted molar refractivity (Wildman–Crippen MR) is 71.1 cm³/mol. The first-order valence-corrected chi connectivity index (χ1v) is 7.72. The van der Waals surface area contributed by atoms with Gasteiger partial charge in [0.25, 0.3) is 5.91 Å². The van der Waals surface area contributed by atoms with E-state index in [4.69, 9.17) is 0 Å². The third-order valence-electron chi connectivity index (χ3n) is 2.29. The Morgan fingerprint density at radius 1 is 1.32 bits per heavy atom. The summed E-state index contributed by atoms with van der Waals surface area (Å²) < 4.78 is 25.3. The SMILES string of the molecule is CCCCS(=O)(=O)NCCNC(=O)c1cnccn1. The molecule has 1 heterocycles. The van der Waals surface area contributed by atoms with Gasteiger partial charge in [0.05, 0.1) is 11.9 Å². The fourth-order valence-corrected chi connectivity index (χ4v) is 2.52. The maximum atomic E-state index is 11.6. The molecule has 0 aliphatic heterocycles. The summed E-state index contributed by atoms with van der Waals surface area (Å²) in [6.45, 7) is 2.30. The molecule has 0 aliphatic rings. The van der Waals surface area contributed by atoms with E-state index in [0.717, 1.165) is 6.42 Å². The molecule has 0 saturated carbocycles. The maximum absolute atomic E-state index is 11.6. The number of sulfonamides is 1. The predicted octanol–water partition coefficient (Wildman–Crippen LogP) is -0.0741. The lowest BCUT2D eigenvalue weighted by atomic mass is 10.4. The molecule has 2 N–H and O–H groups in total. The van der Waals surface area contributed by atoms with Gasteiger partial charge in [-0.1, -0.05) is 13.3 Å². The van der Waals surface area contributed by atoms with Crippen LogP contribution in [-0.2, 0) is 10.0 Å². The molecule has 19 heavy (non-hydrogen) atoms. The van der Waals surface area contributed by atoms with Gasteiger partial charge in [-0.3, -0.25) is 9.78 Å². The molecule has 1 rings (SSSR count). The number of carbonyl (C=O) groups is 1. The highest BCUT2D eigenvalue weighted by atomic mass is 32.2. The zero-order valence-corrected chi connectivity index (χ0v) is 11.6. The van der Waals surface area contributed by atoms with Crippen LogP contribution < -0.4 is 10.0 Å². The minimum Gasteiger partial charge on any atom is -0.349 e. The van der Waals surface area contributed by atoms with Crippen LogP contribution in [0.25, 0.3) is 0 Å². The number of hydrogen-bond donors (Lipinski definition) is 2. The van der Waals surface area contributed by atoms with Crippen molar-refractivity contribution < 1.29 is 13.2 Å². The second kappa shape index (κ2) is 7.80. The van der Waals surface area contributed by atoms with E-state index < -0.39 is 10.0 Å². The molecule has 8 heteroatoms. The fraction of sp³-hybridized carbons (Fsp3) is 0.545. The summed E-state index contributed by atoms with van der Waals surface area (Å²) in [6.07, 6.45) is 5.69. The Bertz CT molecular complexity index is 490. The molecule has 0 atom stereocenters. The molecular formula is C11H18N4O3S. The molecule has 0 fully saturated rings. The molecule has 0 radical (unpaired) electrons. The number of hydrogen-bond acceptors (Lipinski definition) is 5. The van der Waals surface area contributed by atoms with Crippen molar-refractivity contribution in [2.45, 2.75) is 19.8 Å². The molecule has 1 amide bonds. The lowest BCUT2D eigenvalue weighted by molar-refractivity contribution is 0.0949. The van der Waals surface area contributed by atoms with E-state index in [1.54, 1.807) is 0 Å². The molecular weight excluding hydrogens is 268 g/mol. The van der Waals surface area contributed by atoms with Crippen molar-refractivity contribution in [3.05, 3.63) is 24.3 Å². The van der Waals surface area contributed by atoms with E-state index in [0.29, 0.717) is 6.42 Å². The largest absolute Gasteiger partial charge is 0.349 e. The van der Waals surface area contributed by atoms with E-state index in [1.807, 2.05) is 6.92 Å².